The number of carbonyl (C=O) groups is 1. The molecule has 8 nitrogen and oxygen atoms in total. The molecule has 1 amide bonds. The second-order valence-electron chi connectivity index (χ2n) is 4.59. The Bertz CT molecular complexity index is 873. The molecule has 3 rings (SSSR count). The van der Waals surface area contributed by atoms with Crippen LogP contribution in [0.1, 0.15) is 21.9 Å². The molecule has 8 heteroatoms. The second-order valence-corrected chi connectivity index (χ2v) is 4.59. The molecule has 0 aliphatic rings. The molecule has 0 aromatic carbocycles. The summed E-state index contributed by atoms with van der Waals surface area (Å²) in [6, 6.07) is 3.34. The molecule has 0 aliphatic carbocycles. The number of aromatic nitrogens is 3. The van der Waals surface area contributed by atoms with E-state index < -0.39 is 5.91 Å². The summed E-state index contributed by atoms with van der Waals surface area (Å²) in [5.74, 6) is 5.22. The van der Waals surface area contributed by atoms with Crippen molar-refractivity contribution < 1.29 is 9.21 Å². The molecular weight excluding hydrogens is 274 g/mol. The highest BCUT2D eigenvalue weighted by atomic mass is 16.4. The zero-order valence-corrected chi connectivity index (χ0v) is 11.2. The van der Waals surface area contributed by atoms with Crippen LogP contribution in [0.5, 0.6) is 0 Å². The Morgan fingerprint density at radius 1 is 1.48 bits per heavy atom. The van der Waals surface area contributed by atoms with Gasteiger partial charge in [0.1, 0.15) is 11.3 Å². The van der Waals surface area contributed by atoms with Crippen molar-refractivity contribution in [2.45, 2.75) is 13.5 Å². The van der Waals surface area contributed by atoms with Crippen molar-refractivity contribution in [1.29, 1.82) is 0 Å². The molecule has 0 atom stereocenters. The molecular formula is C13H13N5O3. The van der Waals surface area contributed by atoms with Crippen LogP contribution in [-0.4, -0.2) is 20.1 Å². The number of fused-ring (bicyclic) bond motifs is 1. The van der Waals surface area contributed by atoms with Gasteiger partial charge in [0.2, 0.25) is 0 Å². The fourth-order valence-electron chi connectivity index (χ4n) is 2.17. The van der Waals surface area contributed by atoms with E-state index in [1.54, 1.807) is 37.6 Å². The fourth-order valence-corrected chi connectivity index (χ4v) is 2.17. The Morgan fingerprint density at radius 2 is 2.29 bits per heavy atom. The summed E-state index contributed by atoms with van der Waals surface area (Å²) in [6.45, 7) is 1.96. The van der Waals surface area contributed by atoms with Gasteiger partial charge in [-0.1, -0.05) is 0 Å². The Hall–Kier alpha value is -2.87. The minimum atomic E-state index is -0.502. The number of aryl methyl sites for hydroxylation is 1. The van der Waals surface area contributed by atoms with Crippen LogP contribution in [0.15, 0.2) is 39.9 Å². The minimum Gasteiger partial charge on any atom is -0.454 e. The van der Waals surface area contributed by atoms with E-state index in [1.165, 1.54) is 9.08 Å². The summed E-state index contributed by atoms with van der Waals surface area (Å²) in [5.41, 5.74) is 2.96. The van der Waals surface area contributed by atoms with Crippen LogP contribution in [-0.2, 0) is 6.54 Å². The van der Waals surface area contributed by atoms with E-state index in [1.807, 2.05) is 5.43 Å². The minimum absolute atomic E-state index is 0.144. The highest BCUT2D eigenvalue weighted by molar-refractivity contribution is 5.92. The van der Waals surface area contributed by atoms with Gasteiger partial charge in [0.15, 0.2) is 5.76 Å². The Labute approximate surface area is 118 Å². The number of rotatable bonds is 3. The van der Waals surface area contributed by atoms with Gasteiger partial charge in [0, 0.05) is 18.0 Å². The SMILES string of the molecule is Cc1cc(Cn2ccn3nccc3c2=O)oc1C(=O)NN. The number of carbonyl (C=O) groups excluding carboxylic acids is 1. The zero-order chi connectivity index (χ0) is 15.0. The van der Waals surface area contributed by atoms with Gasteiger partial charge in [-0.3, -0.25) is 15.0 Å². The standard InChI is InChI=1S/C13H13N5O3/c1-8-6-9(21-11(8)12(19)16-14)7-17-4-5-18-10(13(17)20)2-3-15-18/h2-6H,7,14H2,1H3,(H,16,19). The van der Waals surface area contributed by atoms with E-state index in [-0.39, 0.29) is 17.9 Å². The fraction of sp³-hybridized carbons (Fsp3) is 0.154. The van der Waals surface area contributed by atoms with Crippen LogP contribution < -0.4 is 16.8 Å². The number of hydrazine groups is 1. The first kappa shape index (κ1) is 13.1. The smallest absolute Gasteiger partial charge is 0.301 e. The van der Waals surface area contributed by atoms with Crippen molar-refractivity contribution in [3.63, 3.8) is 0 Å². The predicted molar refractivity (Wildman–Crippen MR) is 73.7 cm³/mol. The topological polar surface area (TPSA) is 108 Å². The number of furan rings is 1. The number of hydrogen-bond donors (Lipinski definition) is 2. The summed E-state index contributed by atoms with van der Waals surface area (Å²) in [6.07, 6.45) is 4.85. The predicted octanol–water partition coefficient (Wildman–Crippen LogP) is 0.0492. The van der Waals surface area contributed by atoms with E-state index in [4.69, 9.17) is 10.3 Å². The molecule has 0 saturated heterocycles. The molecule has 0 aliphatic heterocycles. The summed E-state index contributed by atoms with van der Waals surface area (Å²) >= 11 is 0. The van der Waals surface area contributed by atoms with Crippen molar-refractivity contribution in [1.82, 2.24) is 19.6 Å². The van der Waals surface area contributed by atoms with E-state index in [9.17, 15) is 9.59 Å². The van der Waals surface area contributed by atoms with Crippen molar-refractivity contribution >= 4 is 11.4 Å². The molecule has 108 valence electrons. The average Bonchev–Trinajstić information content (AvgIpc) is 3.08. The van der Waals surface area contributed by atoms with Crippen LogP contribution in [0.25, 0.3) is 5.52 Å². The van der Waals surface area contributed by atoms with Gasteiger partial charge in [-0.2, -0.15) is 5.10 Å². The van der Waals surface area contributed by atoms with Crippen LogP contribution >= 0.6 is 0 Å². The molecule has 3 N–H and O–H groups in total. The van der Waals surface area contributed by atoms with E-state index in [2.05, 4.69) is 5.10 Å². The Balaban J connectivity index is 1.97. The first-order valence-electron chi connectivity index (χ1n) is 6.23. The van der Waals surface area contributed by atoms with E-state index in [0.717, 1.165) is 0 Å². The highest BCUT2D eigenvalue weighted by Gasteiger charge is 2.15. The van der Waals surface area contributed by atoms with Crippen molar-refractivity contribution in [2.75, 3.05) is 0 Å². The maximum atomic E-state index is 12.2. The quantitative estimate of drug-likeness (QED) is 0.402. The molecule has 0 fully saturated rings. The van der Waals surface area contributed by atoms with Gasteiger partial charge in [0.25, 0.3) is 5.56 Å². The number of amides is 1. The third-order valence-electron chi connectivity index (χ3n) is 3.17. The third kappa shape index (κ3) is 2.21. The molecule has 0 saturated carbocycles. The van der Waals surface area contributed by atoms with Crippen molar-refractivity contribution in [3.05, 3.63) is 58.2 Å². The first-order chi connectivity index (χ1) is 10.1. The van der Waals surface area contributed by atoms with Crippen molar-refractivity contribution in [3.8, 4) is 0 Å². The summed E-state index contributed by atoms with van der Waals surface area (Å²) in [7, 11) is 0. The first-order valence-corrected chi connectivity index (χ1v) is 6.23. The normalized spacial score (nSPS) is 11.0. The second kappa shape index (κ2) is 4.91. The van der Waals surface area contributed by atoms with Gasteiger partial charge in [0.05, 0.1) is 12.7 Å². The van der Waals surface area contributed by atoms with Crippen LogP contribution in [0.4, 0.5) is 0 Å². The van der Waals surface area contributed by atoms with Gasteiger partial charge in [-0.25, -0.2) is 10.4 Å². The lowest BCUT2D eigenvalue weighted by Crippen LogP contribution is -2.30. The van der Waals surface area contributed by atoms with Crippen molar-refractivity contribution in [2.24, 2.45) is 5.84 Å². The zero-order valence-electron chi connectivity index (χ0n) is 11.2. The molecule has 3 aromatic heterocycles. The van der Waals surface area contributed by atoms with E-state index >= 15 is 0 Å². The molecule has 0 unspecified atom stereocenters. The number of nitrogens with zero attached hydrogens (tertiary/aromatic N) is 3. The maximum absolute atomic E-state index is 12.2. The molecule has 3 aromatic rings. The van der Waals surface area contributed by atoms with Crippen LogP contribution in [0.3, 0.4) is 0 Å². The summed E-state index contributed by atoms with van der Waals surface area (Å²) in [4.78, 5) is 23.7. The Kier molecular flexibility index (Phi) is 3.07. The summed E-state index contributed by atoms with van der Waals surface area (Å²) in [5, 5.41) is 3.99. The molecule has 0 bridgehead atoms. The highest BCUT2D eigenvalue weighted by Crippen LogP contribution is 2.15. The molecule has 0 spiro atoms. The molecule has 0 radical (unpaired) electrons. The van der Waals surface area contributed by atoms with Gasteiger partial charge >= 0.3 is 5.91 Å². The Morgan fingerprint density at radius 3 is 3.05 bits per heavy atom. The lowest BCUT2D eigenvalue weighted by atomic mass is 10.2. The molecule has 3 heterocycles. The monoisotopic (exact) mass is 287 g/mol. The van der Waals surface area contributed by atoms with E-state index in [0.29, 0.717) is 16.8 Å². The van der Waals surface area contributed by atoms with Gasteiger partial charge < -0.3 is 8.98 Å². The number of nitrogens with two attached hydrogens (primary N) is 1. The largest absolute Gasteiger partial charge is 0.454 e. The number of hydrogen-bond acceptors (Lipinski definition) is 5. The van der Waals surface area contributed by atoms with Crippen LogP contribution in [0, 0.1) is 6.92 Å². The lowest BCUT2D eigenvalue weighted by molar-refractivity contribution is 0.0923. The van der Waals surface area contributed by atoms with Crippen LogP contribution in [0.2, 0.25) is 0 Å². The summed E-state index contributed by atoms with van der Waals surface area (Å²) < 4.78 is 8.43. The average molecular weight is 287 g/mol. The van der Waals surface area contributed by atoms with Gasteiger partial charge in [-0.05, 0) is 19.1 Å². The molecule has 21 heavy (non-hydrogen) atoms. The maximum Gasteiger partial charge on any atom is 0.301 e. The van der Waals surface area contributed by atoms with Gasteiger partial charge in [-0.15, -0.1) is 0 Å². The number of nitrogens with one attached hydrogen (secondary N) is 1. The lowest BCUT2D eigenvalue weighted by Gasteiger charge is -2.03. The third-order valence-corrected chi connectivity index (χ3v) is 3.17. The number of nitrogen functional groups attached to an aromatic ring is 1.